The Morgan fingerprint density at radius 1 is 1.32 bits per heavy atom. The summed E-state index contributed by atoms with van der Waals surface area (Å²) in [6, 6.07) is 4.80. The number of nitrogens with zero attached hydrogens (tertiary/aromatic N) is 1. The van der Waals surface area contributed by atoms with E-state index in [1.54, 1.807) is 18.2 Å². The summed E-state index contributed by atoms with van der Waals surface area (Å²) >= 11 is 11.7. The van der Waals surface area contributed by atoms with E-state index < -0.39 is 10.0 Å². The van der Waals surface area contributed by atoms with Crippen molar-refractivity contribution in [3.05, 3.63) is 33.8 Å². The third-order valence-electron chi connectivity index (χ3n) is 3.15. The van der Waals surface area contributed by atoms with E-state index in [1.807, 2.05) is 0 Å². The van der Waals surface area contributed by atoms with Gasteiger partial charge in [0, 0.05) is 19.1 Å². The molecular formula is C12H16Cl2N2O2S. The van der Waals surface area contributed by atoms with Gasteiger partial charge in [-0.2, -0.15) is 0 Å². The van der Waals surface area contributed by atoms with Crippen LogP contribution in [0.1, 0.15) is 18.4 Å². The van der Waals surface area contributed by atoms with Crippen LogP contribution < -0.4 is 5.73 Å². The van der Waals surface area contributed by atoms with Crippen LogP contribution in [-0.4, -0.2) is 31.9 Å². The van der Waals surface area contributed by atoms with E-state index in [0.717, 1.165) is 12.8 Å². The van der Waals surface area contributed by atoms with Gasteiger partial charge in [-0.3, -0.25) is 0 Å². The van der Waals surface area contributed by atoms with Crippen LogP contribution in [0.4, 0.5) is 0 Å². The minimum Gasteiger partial charge on any atom is -0.327 e. The summed E-state index contributed by atoms with van der Waals surface area (Å²) in [5.74, 6) is -0.0728. The molecule has 1 aliphatic heterocycles. The molecule has 1 unspecified atom stereocenters. The van der Waals surface area contributed by atoms with E-state index >= 15 is 0 Å². The third kappa shape index (κ3) is 3.83. The van der Waals surface area contributed by atoms with Crippen LogP contribution in [0.2, 0.25) is 10.0 Å². The monoisotopic (exact) mass is 322 g/mol. The van der Waals surface area contributed by atoms with Crippen molar-refractivity contribution in [2.45, 2.75) is 24.6 Å². The van der Waals surface area contributed by atoms with Crippen molar-refractivity contribution in [1.29, 1.82) is 0 Å². The Bertz CT molecular complexity index is 563. The molecule has 0 amide bonds. The molecule has 1 atom stereocenters. The van der Waals surface area contributed by atoms with E-state index in [2.05, 4.69) is 0 Å². The number of sulfonamides is 1. The lowest BCUT2D eigenvalue weighted by molar-refractivity contribution is 0.316. The molecule has 106 valence electrons. The fourth-order valence-corrected chi connectivity index (χ4v) is 4.09. The zero-order valence-corrected chi connectivity index (χ0v) is 12.7. The summed E-state index contributed by atoms with van der Waals surface area (Å²) in [5.41, 5.74) is 6.45. The van der Waals surface area contributed by atoms with Crippen molar-refractivity contribution >= 4 is 33.2 Å². The van der Waals surface area contributed by atoms with Crippen LogP contribution in [0.25, 0.3) is 0 Å². The van der Waals surface area contributed by atoms with Gasteiger partial charge in [0.15, 0.2) is 0 Å². The number of halogens is 2. The van der Waals surface area contributed by atoms with Crippen molar-refractivity contribution in [2.24, 2.45) is 5.73 Å². The number of nitrogens with two attached hydrogens (primary N) is 1. The molecule has 2 rings (SSSR count). The molecule has 1 aromatic rings. The van der Waals surface area contributed by atoms with E-state index in [0.29, 0.717) is 28.7 Å². The number of hydrogen-bond acceptors (Lipinski definition) is 3. The topological polar surface area (TPSA) is 63.4 Å². The molecule has 19 heavy (non-hydrogen) atoms. The molecule has 0 bridgehead atoms. The second-order valence-corrected chi connectivity index (χ2v) is 7.55. The number of piperidine rings is 1. The van der Waals surface area contributed by atoms with Gasteiger partial charge in [0.1, 0.15) is 0 Å². The molecule has 0 aliphatic carbocycles. The lowest BCUT2D eigenvalue weighted by atomic mass is 10.1. The van der Waals surface area contributed by atoms with Gasteiger partial charge in [-0.25, -0.2) is 12.7 Å². The highest BCUT2D eigenvalue weighted by Crippen LogP contribution is 2.24. The van der Waals surface area contributed by atoms with Crippen molar-refractivity contribution in [1.82, 2.24) is 4.31 Å². The van der Waals surface area contributed by atoms with Gasteiger partial charge in [0.25, 0.3) is 0 Å². The average Bonchev–Trinajstić information content (AvgIpc) is 2.33. The molecule has 7 heteroatoms. The maximum absolute atomic E-state index is 12.3. The SMILES string of the molecule is NC1CCCN(S(=O)(=O)Cc2ccc(Cl)c(Cl)c2)C1. The fourth-order valence-electron chi connectivity index (χ4n) is 2.16. The molecule has 0 radical (unpaired) electrons. The van der Waals surface area contributed by atoms with Crippen LogP contribution in [-0.2, 0) is 15.8 Å². The first-order chi connectivity index (χ1) is 8.88. The Labute approximate surface area is 123 Å². The minimum atomic E-state index is -3.35. The highest BCUT2D eigenvalue weighted by atomic mass is 35.5. The Morgan fingerprint density at radius 2 is 2.05 bits per heavy atom. The largest absolute Gasteiger partial charge is 0.327 e. The van der Waals surface area contributed by atoms with Crippen molar-refractivity contribution in [2.75, 3.05) is 13.1 Å². The number of benzene rings is 1. The lowest BCUT2D eigenvalue weighted by Gasteiger charge is -2.29. The van der Waals surface area contributed by atoms with Crippen LogP contribution in [0, 0.1) is 0 Å². The van der Waals surface area contributed by atoms with Gasteiger partial charge >= 0.3 is 0 Å². The van der Waals surface area contributed by atoms with Crippen molar-refractivity contribution in [3.8, 4) is 0 Å². The standard InChI is InChI=1S/C12H16Cl2N2O2S/c13-11-4-3-9(6-12(11)14)8-19(17,18)16-5-1-2-10(15)7-16/h3-4,6,10H,1-2,5,7-8,15H2. The zero-order valence-electron chi connectivity index (χ0n) is 10.4. The molecule has 0 saturated carbocycles. The third-order valence-corrected chi connectivity index (χ3v) is 5.70. The number of hydrogen-bond donors (Lipinski definition) is 1. The predicted octanol–water partition coefficient (Wildman–Crippen LogP) is 2.25. The van der Waals surface area contributed by atoms with Gasteiger partial charge in [0.2, 0.25) is 10.0 Å². The maximum Gasteiger partial charge on any atom is 0.218 e. The van der Waals surface area contributed by atoms with E-state index in [4.69, 9.17) is 28.9 Å². The Kier molecular flexibility index (Phi) is 4.74. The van der Waals surface area contributed by atoms with Crippen molar-refractivity contribution < 1.29 is 8.42 Å². The lowest BCUT2D eigenvalue weighted by Crippen LogP contribution is -2.46. The molecule has 0 spiro atoms. The summed E-state index contributed by atoms with van der Waals surface area (Å²) in [6.07, 6.45) is 1.68. The average molecular weight is 323 g/mol. The highest BCUT2D eigenvalue weighted by molar-refractivity contribution is 7.88. The van der Waals surface area contributed by atoms with E-state index in [-0.39, 0.29) is 11.8 Å². The summed E-state index contributed by atoms with van der Waals surface area (Å²) in [6.45, 7) is 0.932. The van der Waals surface area contributed by atoms with E-state index in [9.17, 15) is 8.42 Å². The fraction of sp³-hybridized carbons (Fsp3) is 0.500. The quantitative estimate of drug-likeness (QED) is 0.928. The zero-order chi connectivity index (χ0) is 14.0. The molecule has 1 fully saturated rings. The summed E-state index contributed by atoms with van der Waals surface area (Å²) in [5, 5.41) is 0.785. The first-order valence-electron chi connectivity index (χ1n) is 6.06. The minimum absolute atomic E-state index is 0.0719. The van der Waals surface area contributed by atoms with E-state index in [1.165, 1.54) is 4.31 Å². The molecular weight excluding hydrogens is 307 g/mol. The van der Waals surface area contributed by atoms with Crippen LogP contribution in [0.3, 0.4) is 0 Å². The molecule has 1 heterocycles. The summed E-state index contributed by atoms with van der Waals surface area (Å²) in [7, 11) is -3.35. The summed E-state index contributed by atoms with van der Waals surface area (Å²) < 4.78 is 26.0. The molecule has 2 N–H and O–H groups in total. The Hall–Kier alpha value is -0.330. The van der Waals surface area contributed by atoms with Gasteiger partial charge in [-0.05, 0) is 30.5 Å². The smallest absolute Gasteiger partial charge is 0.218 e. The van der Waals surface area contributed by atoms with Gasteiger partial charge in [-0.15, -0.1) is 0 Å². The van der Waals surface area contributed by atoms with Crippen LogP contribution in [0.15, 0.2) is 18.2 Å². The predicted molar refractivity (Wildman–Crippen MR) is 77.9 cm³/mol. The molecule has 1 aliphatic rings. The second kappa shape index (κ2) is 5.97. The van der Waals surface area contributed by atoms with Crippen molar-refractivity contribution in [3.63, 3.8) is 0 Å². The summed E-state index contributed by atoms with van der Waals surface area (Å²) in [4.78, 5) is 0. The second-order valence-electron chi connectivity index (χ2n) is 4.77. The Morgan fingerprint density at radius 3 is 2.68 bits per heavy atom. The maximum atomic E-state index is 12.3. The molecule has 1 saturated heterocycles. The van der Waals surface area contributed by atoms with Gasteiger partial charge in [0.05, 0.1) is 15.8 Å². The molecule has 1 aromatic carbocycles. The first kappa shape index (κ1) is 15.1. The van der Waals surface area contributed by atoms with Crippen LogP contribution >= 0.6 is 23.2 Å². The van der Waals surface area contributed by atoms with Crippen LogP contribution in [0.5, 0.6) is 0 Å². The molecule has 4 nitrogen and oxygen atoms in total. The first-order valence-corrected chi connectivity index (χ1v) is 8.42. The highest BCUT2D eigenvalue weighted by Gasteiger charge is 2.27. The number of rotatable bonds is 3. The normalized spacial score (nSPS) is 21.5. The molecule has 0 aromatic heterocycles. The van der Waals surface area contributed by atoms with Gasteiger partial charge < -0.3 is 5.73 Å². The Balaban J connectivity index is 2.14. The van der Waals surface area contributed by atoms with Gasteiger partial charge in [-0.1, -0.05) is 29.3 Å².